The van der Waals surface area contributed by atoms with Gasteiger partial charge in [0.25, 0.3) is 10.0 Å². The van der Waals surface area contributed by atoms with Crippen molar-refractivity contribution >= 4 is 32.7 Å². The number of anilines is 2. The summed E-state index contributed by atoms with van der Waals surface area (Å²) in [5.41, 5.74) is 5.75. The summed E-state index contributed by atoms with van der Waals surface area (Å²) in [6.07, 6.45) is 0. The van der Waals surface area contributed by atoms with Crippen molar-refractivity contribution in [2.75, 3.05) is 10.5 Å². The summed E-state index contributed by atoms with van der Waals surface area (Å²) < 4.78 is 39.6. The molecule has 7 heteroatoms. The van der Waals surface area contributed by atoms with E-state index in [1.165, 1.54) is 23.5 Å². The number of hydrogen-bond acceptors (Lipinski definition) is 4. The van der Waals surface area contributed by atoms with Crippen LogP contribution in [-0.4, -0.2) is 8.42 Å². The van der Waals surface area contributed by atoms with Crippen molar-refractivity contribution in [1.29, 1.82) is 0 Å². The van der Waals surface area contributed by atoms with Gasteiger partial charge in [0.1, 0.15) is 10.7 Å². The highest BCUT2D eigenvalue weighted by molar-refractivity contribution is 7.93. The Morgan fingerprint density at radius 2 is 2.06 bits per heavy atom. The molecule has 90 valence electrons. The number of sulfonamides is 1. The van der Waals surface area contributed by atoms with E-state index in [0.29, 0.717) is 5.69 Å². The van der Waals surface area contributed by atoms with Crippen molar-refractivity contribution < 1.29 is 12.8 Å². The van der Waals surface area contributed by atoms with Gasteiger partial charge in [-0.3, -0.25) is 4.72 Å². The molecule has 2 aromatic rings. The molecular formula is C10H9FN2O2S2. The van der Waals surface area contributed by atoms with E-state index in [1.54, 1.807) is 16.8 Å². The fourth-order valence-corrected chi connectivity index (χ4v) is 3.24. The first-order chi connectivity index (χ1) is 8.00. The lowest BCUT2D eigenvalue weighted by Crippen LogP contribution is -2.16. The van der Waals surface area contributed by atoms with E-state index < -0.39 is 20.7 Å². The summed E-state index contributed by atoms with van der Waals surface area (Å²) in [7, 11) is -3.99. The minimum absolute atomic E-state index is 0.118. The molecule has 17 heavy (non-hydrogen) atoms. The van der Waals surface area contributed by atoms with Crippen molar-refractivity contribution in [2.24, 2.45) is 0 Å². The quantitative estimate of drug-likeness (QED) is 0.842. The average molecular weight is 272 g/mol. The van der Waals surface area contributed by atoms with Gasteiger partial charge >= 0.3 is 0 Å². The molecule has 0 radical (unpaired) electrons. The summed E-state index contributed by atoms with van der Waals surface area (Å²) in [6.45, 7) is 0. The number of benzene rings is 1. The van der Waals surface area contributed by atoms with Crippen LogP contribution in [-0.2, 0) is 10.0 Å². The smallest absolute Gasteiger partial charge is 0.266 e. The highest BCUT2D eigenvalue weighted by Gasteiger charge is 2.22. The highest BCUT2D eigenvalue weighted by Crippen LogP contribution is 2.24. The Kier molecular flexibility index (Phi) is 3.03. The molecule has 0 saturated heterocycles. The maximum Gasteiger partial charge on any atom is 0.266 e. The highest BCUT2D eigenvalue weighted by atomic mass is 32.2. The largest absolute Gasteiger partial charge is 0.398 e. The second-order valence-electron chi connectivity index (χ2n) is 3.28. The van der Waals surface area contributed by atoms with Crippen LogP contribution < -0.4 is 10.5 Å². The first-order valence-corrected chi connectivity index (χ1v) is 7.02. The lowest BCUT2D eigenvalue weighted by Gasteiger charge is -2.09. The third-order valence-corrected chi connectivity index (χ3v) is 4.20. The molecule has 0 amide bonds. The van der Waals surface area contributed by atoms with Crippen molar-refractivity contribution in [1.82, 2.24) is 0 Å². The van der Waals surface area contributed by atoms with Crippen LogP contribution >= 0.6 is 11.3 Å². The third kappa shape index (κ3) is 2.40. The zero-order chi connectivity index (χ0) is 12.5. The average Bonchev–Trinajstić information content (AvgIpc) is 2.68. The lowest BCUT2D eigenvalue weighted by atomic mass is 10.3. The van der Waals surface area contributed by atoms with Crippen molar-refractivity contribution in [3.8, 4) is 0 Å². The van der Waals surface area contributed by atoms with Crippen molar-refractivity contribution in [3.05, 3.63) is 40.8 Å². The Morgan fingerprint density at radius 3 is 2.65 bits per heavy atom. The number of nitrogens with one attached hydrogen (secondary N) is 1. The van der Waals surface area contributed by atoms with Crippen LogP contribution in [0.4, 0.5) is 15.8 Å². The van der Waals surface area contributed by atoms with Gasteiger partial charge in [-0.1, -0.05) is 6.07 Å². The maximum absolute atomic E-state index is 13.5. The van der Waals surface area contributed by atoms with Crippen LogP contribution in [0.25, 0.3) is 0 Å². The second-order valence-corrected chi connectivity index (χ2v) is 5.67. The number of halogens is 1. The molecule has 0 bridgehead atoms. The fraction of sp³-hybridized carbons (Fsp3) is 0. The molecule has 2 rings (SSSR count). The van der Waals surface area contributed by atoms with Gasteiger partial charge in [-0.15, -0.1) is 0 Å². The van der Waals surface area contributed by atoms with Crippen LogP contribution in [0.5, 0.6) is 0 Å². The Balaban J connectivity index is 2.45. The summed E-state index contributed by atoms with van der Waals surface area (Å²) in [5.74, 6) is -0.868. The third-order valence-electron chi connectivity index (χ3n) is 2.04. The van der Waals surface area contributed by atoms with Gasteiger partial charge in [0.05, 0.1) is 11.4 Å². The van der Waals surface area contributed by atoms with Gasteiger partial charge in [0, 0.05) is 5.38 Å². The van der Waals surface area contributed by atoms with Gasteiger partial charge < -0.3 is 5.73 Å². The Hall–Kier alpha value is -1.60. The molecule has 0 aliphatic rings. The Labute approximate surface area is 102 Å². The molecule has 0 aliphatic heterocycles. The molecule has 1 aromatic carbocycles. The summed E-state index contributed by atoms with van der Waals surface area (Å²) in [4.78, 5) is -0.522. The zero-order valence-corrected chi connectivity index (χ0v) is 10.2. The first kappa shape index (κ1) is 11.9. The van der Waals surface area contributed by atoms with Gasteiger partial charge in [0.2, 0.25) is 0 Å². The standard InChI is InChI=1S/C10H9FN2O2S2/c11-8-2-1-3-9(12)10(8)17(14,15)13-7-4-5-16-6-7/h1-6,13H,12H2. The van der Waals surface area contributed by atoms with Gasteiger partial charge in [-0.05, 0) is 23.6 Å². The van der Waals surface area contributed by atoms with Crippen LogP contribution in [0, 0.1) is 5.82 Å². The van der Waals surface area contributed by atoms with E-state index >= 15 is 0 Å². The molecule has 4 nitrogen and oxygen atoms in total. The molecule has 0 atom stereocenters. The SMILES string of the molecule is Nc1cccc(F)c1S(=O)(=O)Nc1ccsc1. The first-order valence-electron chi connectivity index (χ1n) is 4.60. The van der Waals surface area contributed by atoms with E-state index in [9.17, 15) is 12.8 Å². The van der Waals surface area contributed by atoms with Crippen LogP contribution in [0.3, 0.4) is 0 Å². The fourth-order valence-electron chi connectivity index (χ4n) is 1.34. The van der Waals surface area contributed by atoms with Gasteiger partial charge in [-0.25, -0.2) is 12.8 Å². The zero-order valence-electron chi connectivity index (χ0n) is 8.55. The Morgan fingerprint density at radius 1 is 1.29 bits per heavy atom. The van der Waals surface area contributed by atoms with Gasteiger partial charge in [0.15, 0.2) is 0 Å². The van der Waals surface area contributed by atoms with Gasteiger partial charge in [-0.2, -0.15) is 11.3 Å². The molecule has 0 unspecified atom stereocenters. The normalized spacial score (nSPS) is 11.4. The minimum Gasteiger partial charge on any atom is -0.398 e. The summed E-state index contributed by atoms with van der Waals surface area (Å²) in [5, 5.41) is 3.32. The number of nitrogen functional groups attached to an aromatic ring is 1. The van der Waals surface area contributed by atoms with E-state index in [4.69, 9.17) is 5.73 Å². The molecule has 1 aromatic heterocycles. The molecular weight excluding hydrogens is 263 g/mol. The maximum atomic E-state index is 13.5. The summed E-state index contributed by atoms with van der Waals surface area (Å²) in [6, 6.07) is 5.33. The van der Waals surface area contributed by atoms with E-state index in [0.717, 1.165) is 6.07 Å². The number of rotatable bonds is 3. The summed E-state index contributed by atoms with van der Waals surface area (Å²) >= 11 is 1.33. The van der Waals surface area contributed by atoms with Crippen molar-refractivity contribution in [2.45, 2.75) is 4.90 Å². The van der Waals surface area contributed by atoms with E-state index in [2.05, 4.69) is 4.72 Å². The Bertz CT molecular complexity index is 604. The topological polar surface area (TPSA) is 72.2 Å². The van der Waals surface area contributed by atoms with Crippen LogP contribution in [0.1, 0.15) is 0 Å². The lowest BCUT2D eigenvalue weighted by molar-refractivity contribution is 0.572. The molecule has 0 spiro atoms. The predicted molar refractivity (Wildman–Crippen MR) is 65.9 cm³/mol. The second kappa shape index (κ2) is 4.34. The van der Waals surface area contributed by atoms with Crippen LogP contribution in [0.15, 0.2) is 39.9 Å². The number of thiophene rings is 1. The number of nitrogens with two attached hydrogens (primary N) is 1. The van der Waals surface area contributed by atoms with E-state index in [-0.39, 0.29) is 5.69 Å². The number of hydrogen-bond donors (Lipinski definition) is 2. The molecule has 0 aliphatic carbocycles. The molecule has 0 saturated carbocycles. The predicted octanol–water partition coefficient (Wildman–Crippen LogP) is 2.27. The monoisotopic (exact) mass is 272 g/mol. The molecule has 3 N–H and O–H groups in total. The van der Waals surface area contributed by atoms with Crippen molar-refractivity contribution in [3.63, 3.8) is 0 Å². The van der Waals surface area contributed by atoms with Crippen LogP contribution in [0.2, 0.25) is 0 Å². The minimum atomic E-state index is -3.99. The molecule has 0 fully saturated rings. The van der Waals surface area contributed by atoms with E-state index in [1.807, 2.05) is 0 Å². The molecule has 1 heterocycles.